The molecule has 2 aromatic rings. The van der Waals surface area contributed by atoms with Crippen LogP contribution in [0.2, 0.25) is 5.02 Å². The number of carbonyl (C=O) groups excluding carboxylic acids is 1. The van der Waals surface area contributed by atoms with Gasteiger partial charge in [0.2, 0.25) is 0 Å². The molecule has 0 radical (unpaired) electrons. The van der Waals surface area contributed by atoms with E-state index < -0.39 is 6.10 Å². The van der Waals surface area contributed by atoms with Crippen molar-refractivity contribution in [2.75, 3.05) is 0 Å². The first-order valence-corrected chi connectivity index (χ1v) is 8.07. The largest absolute Gasteiger partial charge is 0.481 e. The first kappa shape index (κ1) is 18.0. The Morgan fingerprint density at radius 1 is 1.21 bits per heavy atom. The molecule has 24 heavy (non-hydrogen) atoms. The number of ether oxygens (including phenoxy) is 1. The zero-order valence-corrected chi connectivity index (χ0v) is 15.0. The third kappa shape index (κ3) is 4.83. The molecule has 4 nitrogen and oxygen atoms in total. The number of hydrazone groups is 1. The smallest absolute Gasteiger partial charge is 0.280 e. The number of amides is 1. The summed E-state index contributed by atoms with van der Waals surface area (Å²) >= 11 is 5.90. The van der Waals surface area contributed by atoms with Crippen LogP contribution in [0.15, 0.2) is 41.5 Å². The Bertz CT molecular complexity index is 749. The van der Waals surface area contributed by atoms with E-state index in [1.165, 1.54) is 5.56 Å². The maximum absolute atomic E-state index is 12.1. The molecule has 0 aliphatic carbocycles. The summed E-state index contributed by atoms with van der Waals surface area (Å²) in [5, 5.41) is 4.60. The molecule has 126 valence electrons. The molecule has 0 aliphatic heterocycles. The van der Waals surface area contributed by atoms with Crippen LogP contribution >= 0.6 is 11.6 Å². The average molecular weight is 345 g/mol. The Hall–Kier alpha value is -2.33. The second-order valence-electron chi connectivity index (χ2n) is 5.76. The van der Waals surface area contributed by atoms with Gasteiger partial charge in [-0.05, 0) is 57.0 Å². The van der Waals surface area contributed by atoms with Crippen molar-refractivity contribution in [3.05, 3.63) is 63.7 Å². The number of nitrogens with zero attached hydrogens (tertiary/aromatic N) is 1. The van der Waals surface area contributed by atoms with Gasteiger partial charge >= 0.3 is 0 Å². The van der Waals surface area contributed by atoms with Crippen LogP contribution in [0.1, 0.15) is 29.2 Å². The van der Waals surface area contributed by atoms with E-state index in [2.05, 4.69) is 29.6 Å². The fraction of sp³-hybridized carbons (Fsp3) is 0.263. The van der Waals surface area contributed by atoms with Crippen LogP contribution in [-0.2, 0) is 4.79 Å². The lowest BCUT2D eigenvalue weighted by atomic mass is 10.0. The van der Waals surface area contributed by atoms with E-state index in [0.29, 0.717) is 10.8 Å². The van der Waals surface area contributed by atoms with E-state index in [-0.39, 0.29) is 5.91 Å². The molecule has 0 aromatic heterocycles. The van der Waals surface area contributed by atoms with Gasteiger partial charge in [0.1, 0.15) is 5.75 Å². The minimum atomic E-state index is -0.680. The molecule has 0 aliphatic rings. The van der Waals surface area contributed by atoms with Crippen molar-refractivity contribution in [3.63, 3.8) is 0 Å². The maximum Gasteiger partial charge on any atom is 0.280 e. The van der Waals surface area contributed by atoms with Crippen LogP contribution in [0, 0.1) is 20.8 Å². The Balaban J connectivity index is 1.97. The molecule has 1 N–H and O–H groups in total. The SMILES string of the molecule is Cc1cc(C)c(/C=N\NC(=O)[C@@H](C)Oc2cccc(Cl)c2)c(C)c1. The molecule has 0 spiro atoms. The molecule has 0 heterocycles. The lowest BCUT2D eigenvalue weighted by Crippen LogP contribution is -2.33. The summed E-state index contributed by atoms with van der Waals surface area (Å²) in [6.07, 6.45) is 0.981. The van der Waals surface area contributed by atoms with Crippen molar-refractivity contribution >= 4 is 23.7 Å². The second kappa shape index (κ2) is 7.97. The molecule has 5 heteroatoms. The molecule has 0 bridgehead atoms. The summed E-state index contributed by atoms with van der Waals surface area (Å²) < 4.78 is 5.55. The fourth-order valence-corrected chi connectivity index (χ4v) is 2.62. The fourth-order valence-electron chi connectivity index (χ4n) is 2.44. The van der Waals surface area contributed by atoms with Gasteiger partial charge in [0.25, 0.3) is 5.91 Å². The summed E-state index contributed by atoms with van der Waals surface area (Å²) in [6.45, 7) is 7.76. The Kier molecular flexibility index (Phi) is 5.99. The van der Waals surface area contributed by atoms with Gasteiger partial charge in [0, 0.05) is 10.6 Å². The zero-order chi connectivity index (χ0) is 17.7. The first-order valence-electron chi connectivity index (χ1n) is 7.70. The molecule has 0 fully saturated rings. The Labute approximate surface area is 147 Å². The summed E-state index contributed by atoms with van der Waals surface area (Å²) in [7, 11) is 0. The number of rotatable bonds is 5. The molecule has 0 saturated carbocycles. The topological polar surface area (TPSA) is 50.7 Å². The normalized spacial score (nSPS) is 12.2. The molecular weight excluding hydrogens is 324 g/mol. The number of hydrogen-bond donors (Lipinski definition) is 1. The minimum absolute atomic E-state index is 0.325. The van der Waals surface area contributed by atoms with Crippen LogP contribution in [-0.4, -0.2) is 18.2 Å². The predicted octanol–water partition coefficient (Wildman–Crippen LogP) is 4.18. The summed E-state index contributed by atoms with van der Waals surface area (Å²) in [6, 6.07) is 11.1. The summed E-state index contributed by atoms with van der Waals surface area (Å²) in [5.74, 6) is 0.216. The number of hydrogen-bond acceptors (Lipinski definition) is 3. The van der Waals surface area contributed by atoms with E-state index in [4.69, 9.17) is 16.3 Å². The third-order valence-corrected chi connectivity index (χ3v) is 3.82. The van der Waals surface area contributed by atoms with Crippen molar-refractivity contribution in [2.45, 2.75) is 33.8 Å². The van der Waals surface area contributed by atoms with Gasteiger partial charge in [-0.2, -0.15) is 5.10 Å². The van der Waals surface area contributed by atoms with E-state index in [9.17, 15) is 4.79 Å². The maximum atomic E-state index is 12.1. The average Bonchev–Trinajstić information content (AvgIpc) is 2.49. The third-order valence-electron chi connectivity index (χ3n) is 3.58. The Morgan fingerprint density at radius 2 is 1.88 bits per heavy atom. The van der Waals surface area contributed by atoms with Gasteiger partial charge in [0.15, 0.2) is 6.10 Å². The highest BCUT2D eigenvalue weighted by atomic mass is 35.5. The van der Waals surface area contributed by atoms with Gasteiger partial charge in [-0.3, -0.25) is 4.79 Å². The molecule has 2 rings (SSSR count). The van der Waals surface area contributed by atoms with Crippen molar-refractivity contribution in [1.82, 2.24) is 5.43 Å². The number of carbonyl (C=O) groups is 1. The van der Waals surface area contributed by atoms with Crippen molar-refractivity contribution in [3.8, 4) is 5.75 Å². The van der Waals surface area contributed by atoms with Crippen molar-refractivity contribution < 1.29 is 9.53 Å². The molecule has 1 amide bonds. The number of aryl methyl sites for hydroxylation is 3. The van der Waals surface area contributed by atoms with Crippen LogP contribution in [0.3, 0.4) is 0 Å². The Morgan fingerprint density at radius 3 is 2.50 bits per heavy atom. The predicted molar refractivity (Wildman–Crippen MR) is 97.9 cm³/mol. The molecule has 0 unspecified atom stereocenters. The molecule has 2 aromatic carbocycles. The van der Waals surface area contributed by atoms with E-state index >= 15 is 0 Å². The number of nitrogens with one attached hydrogen (secondary N) is 1. The lowest BCUT2D eigenvalue weighted by Gasteiger charge is -2.13. The number of halogens is 1. The van der Waals surface area contributed by atoms with Crippen molar-refractivity contribution in [1.29, 1.82) is 0 Å². The van der Waals surface area contributed by atoms with Gasteiger partial charge in [0.05, 0.1) is 6.21 Å². The van der Waals surface area contributed by atoms with Gasteiger partial charge < -0.3 is 4.74 Å². The summed E-state index contributed by atoms with van der Waals surface area (Å²) in [5.41, 5.74) is 6.95. The van der Waals surface area contributed by atoms with E-state index in [1.54, 1.807) is 37.4 Å². The minimum Gasteiger partial charge on any atom is -0.481 e. The summed E-state index contributed by atoms with van der Waals surface area (Å²) in [4.78, 5) is 12.1. The van der Waals surface area contributed by atoms with Crippen LogP contribution in [0.4, 0.5) is 0 Å². The van der Waals surface area contributed by atoms with E-state index in [1.807, 2.05) is 13.8 Å². The van der Waals surface area contributed by atoms with Gasteiger partial charge in [-0.15, -0.1) is 0 Å². The quantitative estimate of drug-likeness (QED) is 0.653. The van der Waals surface area contributed by atoms with Crippen LogP contribution < -0.4 is 10.2 Å². The standard InChI is InChI=1S/C19H21ClN2O2/c1-12-8-13(2)18(14(3)9-12)11-21-22-19(23)15(4)24-17-7-5-6-16(20)10-17/h5-11,15H,1-4H3,(H,22,23)/b21-11-/t15-/m1/s1. The van der Waals surface area contributed by atoms with Crippen LogP contribution in [0.5, 0.6) is 5.75 Å². The highest BCUT2D eigenvalue weighted by Crippen LogP contribution is 2.18. The second-order valence-corrected chi connectivity index (χ2v) is 6.20. The highest BCUT2D eigenvalue weighted by Gasteiger charge is 2.14. The zero-order valence-electron chi connectivity index (χ0n) is 14.3. The molecular formula is C19H21ClN2O2. The molecule has 0 saturated heterocycles. The monoisotopic (exact) mass is 344 g/mol. The lowest BCUT2D eigenvalue weighted by molar-refractivity contribution is -0.127. The number of benzene rings is 2. The van der Waals surface area contributed by atoms with E-state index in [0.717, 1.165) is 16.7 Å². The van der Waals surface area contributed by atoms with Gasteiger partial charge in [-0.25, -0.2) is 5.43 Å². The van der Waals surface area contributed by atoms with Crippen LogP contribution in [0.25, 0.3) is 0 Å². The molecule has 1 atom stereocenters. The van der Waals surface area contributed by atoms with Gasteiger partial charge in [-0.1, -0.05) is 35.4 Å². The van der Waals surface area contributed by atoms with Crippen molar-refractivity contribution in [2.24, 2.45) is 5.10 Å². The first-order chi connectivity index (χ1) is 11.4. The highest BCUT2D eigenvalue weighted by molar-refractivity contribution is 6.30.